The third-order valence-electron chi connectivity index (χ3n) is 5.21. The average molecular weight is 390 g/mol. The van der Waals surface area contributed by atoms with Crippen molar-refractivity contribution in [1.82, 2.24) is 4.90 Å². The highest BCUT2D eigenvalue weighted by molar-refractivity contribution is 6.32. The molecule has 1 atom stereocenters. The van der Waals surface area contributed by atoms with Crippen LogP contribution in [0.1, 0.15) is 30.0 Å². The first-order valence-electron chi connectivity index (χ1n) is 9.23. The summed E-state index contributed by atoms with van der Waals surface area (Å²) >= 11 is 6.41. The van der Waals surface area contributed by atoms with E-state index in [9.17, 15) is 0 Å². The first kappa shape index (κ1) is 18.3. The minimum atomic E-state index is 0.304. The first-order valence-corrected chi connectivity index (χ1v) is 9.61. The highest BCUT2D eigenvalue weighted by atomic mass is 35.5. The van der Waals surface area contributed by atoms with E-state index in [0.29, 0.717) is 30.0 Å². The van der Waals surface area contributed by atoms with Crippen molar-refractivity contribution in [2.75, 3.05) is 34.0 Å². The molecule has 0 N–H and O–H groups in total. The van der Waals surface area contributed by atoms with E-state index in [0.717, 1.165) is 48.7 Å². The number of likely N-dealkylation sites (tertiary alicyclic amines) is 1. The molecule has 1 unspecified atom stereocenters. The van der Waals surface area contributed by atoms with Crippen molar-refractivity contribution in [1.29, 1.82) is 0 Å². The predicted molar refractivity (Wildman–Crippen MR) is 104 cm³/mol. The maximum absolute atomic E-state index is 6.41. The summed E-state index contributed by atoms with van der Waals surface area (Å²) in [6, 6.07) is 10.4. The number of hydrogen-bond donors (Lipinski definition) is 0. The van der Waals surface area contributed by atoms with Gasteiger partial charge in [-0.2, -0.15) is 0 Å². The highest BCUT2D eigenvalue weighted by Crippen LogP contribution is 2.42. The van der Waals surface area contributed by atoms with Crippen LogP contribution in [0.2, 0.25) is 5.02 Å². The molecule has 0 aliphatic carbocycles. The number of halogens is 1. The van der Waals surface area contributed by atoms with Gasteiger partial charge in [0.05, 0.1) is 19.2 Å². The molecule has 2 aromatic rings. The third kappa shape index (κ3) is 3.66. The van der Waals surface area contributed by atoms with Gasteiger partial charge < -0.3 is 18.9 Å². The number of fused-ring (bicyclic) bond motifs is 1. The number of methoxy groups -OCH3 is 2. The average Bonchev–Trinajstić information content (AvgIpc) is 3.15. The molecule has 0 bridgehead atoms. The Morgan fingerprint density at radius 2 is 1.96 bits per heavy atom. The second kappa shape index (κ2) is 7.87. The standard InChI is InChI=1S/C21H24ClNO4/c1-24-15-5-6-16(19(12-15)25-2)18-4-3-7-23(18)13-14-10-17(22)21-20(11-14)26-8-9-27-21/h5-6,10-12,18H,3-4,7-9,13H2,1-2H3. The molecule has 2 aromatic carbocycles. The van der Waals surface area contributed by atoms with E-state index >= 15 is 0 Å². The van der Waals surface area contributed by atoms with Gasteiger partial charge in [0.15, 0.2) is 11.5 Å². The number of benzene rings is 2. The SMILES string of the molecule is COc1ccc(C2CCCN2Cc2cc(Cl)c3c(c2)OCCO3)c(OC)c1. The van der Waals surface area contributed by atoms with Gasteiger partial charge in [0.2, 0.25) is 0 Å². The van der Waals surface area contributed by atoms with Crippen LogP contribution in [0.25, 0.3) is 0 Å². The molecule has 0 spiro atoms. The fraction of sp³-hybridized carbons (Fsp3) is 0.429. The summed E-state index contributed by atoms with van der Waals surface area (Å²) < 4.78 is 22.3. The van der Waals surface area contributed by atoms with Crippen molar-refractivity contribution in [3.63, 3.8) is 0 Å². The lowest BCUT2D eigenvalue weighted by Crippen LogP contribution is -2.23. The Morgan fingerprint density at radius 1 is 1.11 bits per heavy atom. The lowest BCUT2D eigenvalue weighted by atomic mass is 10.0. The maximum atomic E-state index is 6.41. The molecule has 2 aliphatic heterocycles. The van der Waals surface area contributed by atoms with Gasteiger partial charge in [-0.25, -0.2) is 0 Å². The summed E-state index contributed by atoms with van der Waals surface area (Å²) in [6.45, 7) is 2.93. The Kier molecular flexibility index (Phi) is 5.32. The second-order valence-corrected chi connectivity index (χ2v) is 7.25. The molecule has 2 heterocycles. The molecule has 4 rings (SSSR count). The van der Waals surface area contributed by atoms with Gasteiger partial charge in [0.1, 0.15) is 24.7 Å². The predicted octanol–water partition coefficient (Wildman–Crippen LogP) is 4.47. The molecule has 6 heteroatoms. The van der Waals surface area contributed by atoms with Crippen molar-refractivity contribution < 1.29 is 18.9 Å². The lowest BCUT2D eigenvalue weighted by Gasteiger charge is -2.27. The van der Waals surface area contributed by atoms with E-state index in [1.165, 1.54) is 5.56 Å². The van der Waals surface area contributed by atoms with Gasteiger partial charge in [-0.3, -0.25) is 4.90 Å². The zero-order valence-corrected chi connectivity index (χ0v) is 16.4. The van der Waals surface area contributed by atoms with Crippen LogP contribution in [0.3, 0.4) is 0 Å². The van der Waals surface area contributed by atoms with Crippen molar-refractivity contribution in [3.8, 4) is 23.0 Å². The quantitative estimate of drug-likeness (QED) is 0.754. The molecular weight excluding hydrogens is 366 g/mol. The summed E-state index contributed by atoms with van der Waals surface area (Å²) in [5.74, 6) is 3.06. The molecule has 0 saturated carbocycles. The zero-order chi connectivity index (χ0) is 18.8. The first-order chi connectivity index (χ1) is 13.2. The molecule has 1 fully saturated rings. The maximum Gasteiger partial charge on any atom is 0.179 e. The van der Waals surface area contributed by atoms with Crippen molar-refractivity contribution >= 4 is 11.6 Å². The molecule has 0 amide bonds. The summed E-state index contributed by atoms with van der Waals surface area (Å²) in [7, 11) is 3.38. The van der Waals surface area contributed by atoms with Crippen LogP contribution in [0.5, 0.6) is 23.0 Å². The Balaban J connectivity index is 1.58. The van der Waals surface area contributed by atoms with E-state index in [1.54, 1.807) is 14.2 Å². The number of hydrogen-bond acceptors (Lipinski definition) is 5. The van der Waals surface area contributed by atoms with Crippen molar-refractivity contribution in [2.24, 2.45) is 0 Å². The third-order valence-corrected chi connectivity index (χ3v) is 5.49. The summed E-state index contributed by atoms with van der Waals surface area (Å²) in [5, 5.41) is 0.611. The van der Waals surface area contributed by atoms with E-state index < -0.39 is 0 Å². The molecule has 27 heavy (non-hydrogen) atoms. The Morgan fingerprint density at radius 3 is 2.78 bits per heavy atom. The fourth-order valence-electron chi connectivity index (χ4n) is 3.95. The second-order valence-electron chi connectivity index (χ2n) is 6.84. The van der Waals surface area contributed by atoms with E-state index in [2.05, 4.69) is 11.0 Å². The molecule has 1 saturated heterocycles. The van der Waals surface area contributed by atoms with Crippen LogP contribution in [0, 0.1) is 0 Å². The van der Waals surface area contributed by atoms with E-state index in [4.69, 9.17) is 30.5 Å². The Labute approximate surface area is 164 Å². The lowest BCUT2D eigenvalue weighted by molar-refractivity contribution is 0.171. The Hall–Kier alpha value is -2.11. The molecule has 0 radical (unpaired) electrons. The minimum absolute atomic E-state index is 0.304. The van der Waals surface area contributed by atoms with Crippen molar-refractivity contribution in [3.05, 3.63) is 46.5 Å². The zero-order valence-electron chi connectivity index (χ0n) is 15.7. The fourth-order valence-corrected chi connectivity index (χ4v) is 4.24. The van der Waals surface area contributed by atoms with Crippen LogP contribution in [0.4, 0.5) is 0 Å². The number of rotatable bonds is 5. The molecule has 2 aliphatic rings. The van der Waals surface area contributed by atoms with Gasteiger partial charge in [-0.05, 0) is 43.1 Å². The van der Waals surface area contributed by atoms with Gasteiger partial charge in [0.25, 0.3) is 0 Å². The Bertz CT molecular complexity index is 826. The van der Waals surface area contributed by atoms with Gasteiger partial charge in [-0.1, -0.05) is 17.7 Å². The topological polar surface area (TPSA) is 40.2 Å². The normalized spacial score (nSPS) is 19.1. The monoisotopic (exact) mass is 389 g/mol. The number of ether oxygens (including phenoxy) is 4. The minimum Gasteiger partial charge on any atom is -0.497 e. The van der Waals surface area contributed by atoms with Crippen LogP contribution in [-0.2, 0) is 6.54 Å². The molecular formula is C21H24ClNO4. The van der Waals surface area contributed by atoms with Gasteiger partial charge in [0, 0.05) is 24.2 Å². The summed E-state index contributed by atoms with van der Waals surface area (Å²) in [6.07, 6.45) is 2.25. The van der Waals surface area contributed by atoms with Crippen LogP contribution in [-0.4, -0.2) is 38.9 Å². The van der Waals surface area contributed by atoms with Crippen LogP contribution in [0.15, 0.2) is 30.3 Å². The van der Waals surface area contributed by atoms with Crippen LogP contribution >= 0.6 is 11.6 Å². The number of nitrogens with zero attached hydrogens (tertiary/aromatic N) is 1. The summed E-state index contributed by atoms with van der Waals surface area (Å²) in [5.41, 5.74) is 2.32. The van der Waals surface area contributed by atoms with E-state index in [-0.39, 0.29) is 0 Å². The van der Waals surface area contributed by atoms with Crippen LogP contribution < -0.4 is 18.9 Å². The van der Waals surface area contributed by atoms with Gasteiger partial charge in [-0.15, -0.1) is 0 Å². The van der Waals surface area contributed by atoms with E-state index in [1.807, 2.05) is 24.3 Å². The molecule has 144 valence electrons. The molecule has 0 aromatic heterocycles. The summed E-state index contributed by atoms with van der Waals surface area (Å²) in [4.78, 5) is 2.46. The highest BCUT2D eigenvalue weighted by Gasteiger charge is 2.29. The molecule has 5 nitrogen and oxygen atoms in total. The van der Waals surface area contributed by atoms with Gasteiger partial charge >= 0.3 is 0 Å². The largest absolute Gasteiger partial charge is 0.497 e. The van der Waals surface area contributed by atoms with Crippen molar-refractivity contribution in [2.45, 2.75) is 25.4 Å². The smallest absolute Gasteiger partial charge is 0.179 e.